The van der Waals surface area contributed by atoms with Crippen LogP contribution < -0.4 is 11.3 Å². The van der Waals surface area contributed by atoms with Crippen LogP contribution in [0.15, 0.2) is 41.3 Å². The number of aromatic amines is 1. The first-order chi connectivity index (χ1) is 15.9. The predicted molar refractivity (Wildman–Crippen MR) is 133 cm³/mol. The fourth-order valence-corrected chi connectivity index (χ4v) is 5.29. The lowest BCUT2D eigenvalue weighted by molar-refractivity contribution is 0.0496. The zero-order valence-corrected chi connectivity index (χ0v) is 19.8. The van der Waals surface area contributed by atoms with E-state index in [-0.39, 0.29) is 23.3 Å². The molecule has 1 fully saturated rings. The summed E-state index contributed by atoms with van der Waals surface area (Å²) in [6.07, 6.45) is 8.63. The summed E-state index contributed by atoms with van der Waals surface area (Å²) in [7, 11) is 0. The van der Waals surface area contributed by atoms with Crippen LogP contribution >= 0.6 is 0 Å². The molecule has 0 bridgehead atoms. The highest BCUT2D eigenvalue weighted by Gasteiger charge is 2.32. The van der Waals surface area contributed by atoms with Crippen LogP contribution in [-0.4, -0.2) is 37.8 Å². The summed E-state index contributed by atoms with van der Waals surface area (Å²) >= 11 is 0. The lowest BCUT2D eigenvalue weighted by Crippen LogP contribution is -2.46. The Kier molecular flexibility index (Phi) is 6.88. The van der Waals surface area contributed by atoms with E-state index in [2.05, 4.69) is 46.7 Å². The van der Waals surface area contributed by atoms with Crippen LogP contribution in [0.5, 0.6) is 0 Å². The van der Waals surface area contributed by atoms with E-state index in [9.17, 15) is 4.79 Å². The zero-order chi connectivity index (χ0) is 23.5. The number of nitrogens with zero attached hydrogens (tertiary/aromatic N) is 3. The molecule has 0 amide bonds. The van der Waals surface area contributed by atoms with Gasteiger partial charge >= 0.3 is 0 Å². The molecule has 1 aromatic carbocycles. The Labute approximate surface area is 195 Å². The molecule has 4 N–H and O–H groups in total. The van der Waals surface area contributed by atoms with Gasteiger partial charge in [-0.25, -0.2) is 9.97 Å². The van der Waals surface area contributed by atoms with Gasteiger partial charge < -0.3 is 10.7 Å². The third-order valence-corrected chi connectivity index (χ3v) is 6.91. The fraction of sp³-hybridized carbons (Fsp3) is 0.462. The highest BCUT2D eigenvalue weighted by molar-refractivity contribution is 5.92. The molecule has 33 heavy (non-hydrogen) atoms. The normalized spacial score (nSPS) is 20.1. The van der Waals surface area contributed by atoms with E-state index >= 15 is 0 Å². The molecule has 7 nitrogen and oxygen atoms in total. The maximum atomic E-state index is 13.0. The second-order valence-corrected chi connectivity index (χ2v) is 9.23. The van der Waals surface area contributed by atoms with Crippen molar-refractivity contribution in [1.29, 1.82) is 5.41 Å². The van der Waals surface area contributed by atoms with E-state index in [1.807, 2.05) is 18.2 Å². The molecule has 174 valence electrons. The lowest BCUT2D eigenvalue weighted by atomic mass is 9.88. The van der Waals surface area contributed by atoms with Crippen molar-refractivity contribution < 1.29 is 0 Å². The third-order valence-electron chi connectivity index (χ3n) is 6.91. The van der Waals surface area contributed by atoms with Gasteiger partial charge in [-0.1, -0.05) is 38.3 Å². The van der Waals surface area contributed by atoms with E-state index < -0.39 is 0 Å². The average Bonchev–Trinajstić information content (AvgIpc) is 2.80. The SMILES string of the molecule is CCCCC(c1cccc2[nH]c(=O)c(-c3ccnc(C(=N)N)n3)cc12)N1C(C)CCCC1C. The summed E-state index contributed by atoms with van der Waals surface area (Å²) in [6.45, 7) is 6.93. The van der Waals surface area contributed by atoms with Crippen molar-refractivity contribution in [3.05, 3.63) is 58.3 Å². The molecule has 7 heteroatoms. The third kappa shape index (κ3) is 4.69. The Morgan fingerprint density at radius 3 is 2.73 bits per heavy atom. The van der Waals surface area contributed by atoms with E-state index in [4.69, 9.17) is 11.1 Å². The molecule has 3 unspecified atom stereocenters. The Bertz CT molecular complexity index is 1190. The zero-order valence-electron chi connectivity index (χ0n) is 19.8. The largest absolute Gasteiger partial charge is 0.381 e. The number of likely N-dealkylation sites (tertiary alicyclic amines) is 1. The molecule has 4 rings (SSSR count). The number of aromatic nitrogens is 3. The predicted octanol–water partition coefficient (Wildman–Crippen LogP) is 4.76. The number of nitrogens with two attached hydrogens (primary N) is 1. The van der Waals surface area contributed by atoms with Crippen LogP contribution in [-0.2, 0) is 0 Å². The minimum Gasteiger partial charge on any atom is -0.381 e. The standard InChI is InChI=1S/C26H34N6O/c1-4-5-12-23(32-16(2)8-6-9-17(32)3)18-10-7-11-21-19(18)15-20(26(33)31-21)22-13-14-29-25(30-22)24(27)28/h7,10-11,13-17,23H,4-6,8-9,12H2,1-3H3,(H3,27,28)(H,31,33). The highest BCUT2D eigenvalue weighted by atomic mass is 16.1. The second-order valence-electron chi connectivity index (χ2n) is 9.23. The Morgan fingerprint density at radius 2 is 2.03 bits per heavy atom. The van der Waals surface area contributed by atoms with Crippen LogP contribution in [0.4, 0.5) is 0 Å². The molecule has 0 saturated carbocycles. The average molecular weight is 447 g/mol. The molecule has 1 aliphatic heterocycles. The van der Waals surface area contributed by atoms with Crippen LogP contribution in [0.3, 0.4) is 0 Å². The van der Waals surface area contributed by atoms with Crippen molar-refractivity contribution in [2.75, 3.05) is 0 Å². The molecule has 3 atom stereocenters. The van der Waals surface area contributed by atoms with Gasteiger partial charge in [0.05, 0.1) is 11.3 Å². The number of nitrogen functional groups attached to an aromatic ring is 1. The number of hydrogen-bond donors (Lipinski definition) is 3. The van der Waals surface area contributed by atoms with Gasteiger partial charge in [-0.05, 0) is 56.9 Å². The van der Waals surface area contributed by atoms with Gasteiger partial charge in [0.2, 0.25) is 0 Å². The van der Waals surface area contributed by atoms with Crippen molar-refractivity contribution in [2.45, 2.75) is 77.4 Å². The Morgan fingerprint density at radius 1 is 1.27 bits per heavy atom. The summed E-state index contributed by atoms with van der Waals surface area (Å²) in [4.78, 5) is 27.1. The molecule has 1 saturated heterocycles. The Hall–Kier alpha value is -3.06. The number of rotatable bonds is 7. The van der Waals surface area contributed by atoms with Gasteiger partial charge in [-0.15, -0.1) is 0 Å². The summed E-state index contributed by atoms with van der Waals surface area (Å²) < 4.78 is 0. The van der Waals surface area contributed by atoms with Gasteiger partial charge in [-0.3, -0.25) is 15.1 Å². The van der Waals surface area contributed by atoms with Gasteiger partial charge in [0.25, 0.3) is 5.56 Å². The summed E-state index contributed by atoms with van der Waals surface area (Å²) in [6, 6.07) is 11.2. The first kappa shape index (κ1) is 23.1. The van der Waals surface area contributed by atoms with Gasteiger partial charge in [-0.2, -0.15) is 0 Å². The van der Waals surface area contributed by atoms with Gasteiger partial charge in [0, 0.05) is 35.2 Å². The number of amidine groups is 1. The number of unbranched alkanes of at least 4 members (excludes halogenated alkanes) is 1. The number of piperidine rings is 1. The van der Waals surface area contributed by atoms with Crippen LogP contribution in [0.2, 0.25) is 0 Å². The quantitative estimate of drug-likeness (QED) is 0.358. The monoisotopic (exact) mass is 446 g/mol. The molecule has 1 aliphatic rings. The van der Waals surface area contributed by atoms with E-state index in [0.29, 0.717) is 23.3 Å². The first-order valence-electron chi connectivity index (χ1n) is 12.0. The maximum Gasteiger partial charge on any atom is 0.257 e. The van der Waals surface area contributed by atoms with Gasteiger partial charge in [0.15, 0.2) is 11.7 Å². The van der Waals surface area contributed by atoms with Crippen molar-refractivity contribution >= 4 is 16.7 Å². The number of hydrogen-bond acceptors (Lipinski definition) is 5. The van der Waals surface area contributed by atoms with E-state index in [1.165, 1.54) is 31.0 Å². The Balaban J connectivity index is 1.88. The molecule has 3 aromatic rings. The number of pyridine rings is 1. The second kappa shape index (κ2) is 9.83. The molecule has 0 aliphatic carbocycles. The smallest absolute Gasteiger partial charge is 0.257 e. The topological polar surface area (TPSA) is 112 Å². The van der Waals surface area contributed by atoms with Crippen LogP contribution in [0.1, 0.15) is 76.7 Å². The van der Waals surface area contributed by atoms with Crippen molar-refractivity contribution in [2.24, 2.45) is 5.73 Å². The van der Waals surface area contributed by atoms with Crippen LogP contribution in [0.25, 0.3) is 22.2 Å². The number of H-pyrrole nitrogens is 1. The van der Waals surface area contributed by atoms with Crippen molar-refractivity contribution in [3.8, 4) is 11.3 Å². The molecule has 0 spiro atoms. The minimum atomic E-state index is -0.220. The summed E-state index contributed by atoms with van der Waals surface area (Å²) in [5, 5.41) is 8.69. The number of benzene rings is 1. The summed E-state index contributed by atoms with van der Waals surface area (Å²) in [5.41, 5.74) is 8.39. The lowest BCUT2D eigenvalue weighted by Gasteiger charge is -2.45. The number of nitrogens with one attached hydrogen (secondary N) is 2. The highest BCUT2D eigenvalue weighted by Crippen LogP contribution is 2.38. The maximum absolute atomic E-state index is 13.0. The van der Waals surface area contributed by atoms with Crippen molar-refractivity contribution in [3.63, 3.8) is 0 Å². The molecular weight excluding hydrogens is 412 g/mol. The van der Waals surface area contributed by atoms with Crippen LogP contribution in [0, 0.1) is 5.41 Å². The molecule has 2 aromatic heterocycles. The van der Waals surface area contributed by atoms with Crippen molar-refractivity contribution in [1.82, 2.24) is 19.9 Å². The fourth-order valence-electron chi connectivity index (χ4n) is 5.29. The summed E-state index contributed by atoms with van der Waals surface area (Å²) in [5.74, 6) is -0.0977. The number of fused-ring (bicyclic) bond motifs is 1. The van der Waals surface area contributed by atoms with Gasteiger partial charge in [0.1, 0.15) is 0 Å². The minimum absolute atomic E-state index is 0.122. The first-order valence-corrected chi connectivity index (χ1v) is 12.0. The molecule has 3 heterocycles. The molecular formula is C26H34N6O. The van der Waals surface area contributed by atoms with E-state index in [1.54, 1.807) is 6.07 Å². The van der Waals surface area contributed by atoms with E-state index in [0.717, 1.165) is 30.2 Å². The molecule has 0 radical (unpaired) electrons.